The van der Waals surface area contributed by atoms with E-state index in [1.165, 1.54) is 48.5 Å². The molecule has 11 N–H and O–H groups in total. The van der Waals surface area contributed by atoms with E-state index in [1.807, 2.05) is 10.6 Å². The summed E-state index contributed by atoms with van der Waals surface area (Å²) in [6.45, 7) is 2.07. The first-order chi connectivity index (χ1) is 27.4. The van der Waals surface area contributed by atoms with Crippen LogP contribution < -0.4 is 27.3 Å². The molecular formula is C40H41F4N5O9. The summed E-state index contributed by atoms with van der Waals surface area (Å²) in [6, 6.07) is 7.38. The summed E-state index contributed by atoms with van der Waals surface area (Å²) < 4.78 is 52.0. The minimum atomic E-state index is -3.35. The van der Waals surface area contributed by atoms with E-state index in [0.717, 1.165) is 23.8 Å². The van der Waals surface area contributed by atoms with Gasteiger partial charge in [-0.25, -0.2) is 28.5 Å². The topological polar surface area (TPSA) is 244 Å². The van der Waals surface area contributed by atoms with Gasteiger partial charge in [0.25, 0.3) is 36.5 Å². The molecule has 308 valence electrons. The van der Waals surface area contributed by atoms with Gasteiger partial charge in [0.2, 0.25) is 0 Å². The van der Waals surface area contributed by atoms with Crippen LogP contribution in [-0.2, 0) is 9.59 Å². The molecule has 8 atom stereocenters. The van der Waals surface area contributed by atoms with Gasteiger partial charge in [0.1, 0.15) is 12.1 Å². The second-order valence-electron chi connectivity index (χ2n) is 13.6. The fourth-order valence-electron chi connectivity index (χ4n) is 4.95. The number of amides is 4. The standard InChI is InChI=1S/C20H21F2N3O4.C20H20F2N2O5/c1-20(28,19(21)22)16(18(27)25-29)24-17(26)13-8-6-12(7-9-13)4-2-3-5-14-10-15(14)11-23;1-20(28,19(21)22)16(18(27)24-29)23-17(26)13-8-6-12(7-9-13)4-2-3-5-14-10-15(14)11-25/h6-9,14-16,19,28-29H,10-11,23H2,1H3,(H,24,26)(H,25,27);6-9,14-16,19,25,28-29H,10-11H2,1H3,(H,23,26)(H,24,27). The van der Waals surface area contributed by atoms with Crippen molar-refractivity contribution in [1.29, 1.82) is 0 Å². The molecule has 2 aliphatic rings. The fraction of sp³-hybridized carbons (Fsp3) is 0.400. The summed E-state index contributed by atoms with van der Waals surface area (Å²) in [5.41, 5.74) is 3.25. The highest BCUT2D eigenvalue weighted by Crippen LogP contribution is 2.37. The summed E-state index contributed by atoms with van der Waals surface area (Å²) in [7, 11) is 0. The number of nitrogens with one attached hydrogen (secondary N) is 4. The third kappa shape index (κ3) is 13.0. The number of hydrogen-bond donors (Lipinski definition) is 10. The lowest BCUT2D eigenvalue weighted by Gasteiger charge is -2.30. The van der Waals surface area contributed by atoms with Gasteiger partial charge in [-0.15, -0.1) is 0 Å². The van der Waals surface area contributed by atoms with Gasteiger partial charge < -0.3 is 31.7 Å². The normalized spacial score (nSPS) is 20.2. The SMILES string of the molecule is CC(O)(C(F)F)C(NC(=O)c1ccc(C#CC#CC2CC2CN)cc1)C(=O)NO.CC(O)(C(F)F)C(NC(=O)c1ccc(C#CC#CC2CC2CO)cc1)C(=O)NO. The number of aliphatic hydroxyl groups is 3. The first-order valence-electron chi connectivity index (χ1n) is 17.5. The maximum atomic E-state index is 13.0. The van der Waals surface area contributed by atoms with Crippen LogP contribution >= 0.6 is 0 Å². The van der Waals surface area contributed by atoms with E-state index < -0.39 is 59.8 Å². The third-order valence-electron chi connectivity index (χ3n) is 9.08. The number of hydrogen-bond acceptors (Lipinski definition) is 10. The number of aliphatic hydroxyl groups excluding tert-OH is 1. The van der Waals surface area contributed by atoms with Crippen LogP contribution in [0.25, 0.3) is 0 Å². The van der Waals surface area contributed by atoms with Gasteiger partial charge in [-0.2, -0.15) is 0 Å². The molecule has 58 heavy (non-hydrogen) atoms. The molecular weight excluding hydrogens is 770 g/mol. The molecule has 0 aliphatic heterocycles. The zero-order chi connectivity index (χ0) is 43.2. The van der Waals surface area contributed by atoms with E-state index in [-0.39, 0.29) is 29.6 Å². The van der Waals surface area contributed by atoms with Gasteiger partial charge in [0.05, 0.1) is 0 Å². The summed E-state index contributed by atoms with van der Waals surface area (Å²) in [4.78, 5) is 47.7. The Bertz CT molecular complexity index is 1900. The van der Waals surface area contributed by atoms with Crippen LogP contribution in [0.5, 0.6) is 0 Å². The van der Waals surface area contributed by atoms with Gasteiger partial charge in [0, 0.05) is 40.7 Å². The molecule has 14 nitrogen and oxygen atoms in total. The van der Waals surface area contributed by atoms with E-state index in [1.54, 1.807) is 0 Å². The molecule has 0 aromatic heterocycles. The maximum absolute atomic E-state index is 13.0. The molecule has 0 radical (unpaired) electrons. The monoisotopic (exact) mass is 811 g/mol. The molecule has 0 heterocycles. The Labute approximate surface area is 330 Å². The highest BCUT2D eigenvalue weighted by Gasteiger charge is 2.47. The van der Waals surface area contributed by atoms with E-state index in [9.17, 15) is 47.0 Å². The molecule has 18 heteroatoms. The minimum Gasteiger partial charge on any atom is -0.396 e. The molecule has 4 rings (SSSR count). The Morgan fingerprint density at radius 2 is 1.05 bits per heavy atom. The van der Waals surface area contributed by atoms with Crippen molar-refractivity contribution in [3.8, 4) is 47.4 Å². The fourth-order valence-corrected chi connectivity index (χ4v) is 4.95. The first kappa shape index (κ1) is 46.4. The van der Waals surface area contributed by atoms with E-state index >= 15 is 0 Å². The maximum Gasteiger partial charge on any atom is 0.269 e. The van der Waals surface area contributed by atoms with Gasteiger partial charge in [0.15, 0.2) is 11.2 Å². The van der Waals surface area contributed by atoms with Crippen LogP contribution in [0.4, 0.5) is 17.6 Å². The van der Waals surface area contributed by atoms with Crippen molar-refractivity contribution in [2.24, 2.45) is 29.4 Å². The van der Waals surface area contributed by atoms with E-state index in [2.05, 4.69) is 47.4 Å². The molecule has 4 amide bonds. The number of rotatable bonds is 12. The van der Waals surface area contributed by atoms with Gasteiger partial charge in [-0.3, -0.25) is 29.6 Å². The highest BCUT2D eigenvalue weighted by molar-refractivity contribution is 5.98. The number of alkyl halides is 4. The Kier molecular flexibility index (Phi) is 16.8. The number of benzene rings is 2. The van der Waals surface area contributed by atoms with E-state index in [4.69, 9.17) is 21.3 Å². The second-order valence-corrected chi connectivity index (χ2v) is 13.6. The molecule has 0 spiro atoms. The molecule has 0 saturated heterocycles. The molecule has 8 unspecified atom stereocenters. The van der Waals surface area contributed by atoms with Crippen LogP contribution in [-0.4, -0.2) is 98.7 Å². The zero-order valence-corrected chi connectivity index (χ0v) is 31.0. The number of hydroxylamine groups is 2. The third-order valence-corrected chi connectivity index (χ3v) is 9.08. The molecule has 2 fully saturated rings. The van der Waals surface area contributed by atoms with Gasteiger partial charge >= 0.3 is 0 Å². The Morgan fingerprint density at radius 1 is 0.690 bits per heavy atom. The largest absolute Gasteiger partial charge is 0.396 e. The summed E-state index contributed by atoms with van der Waals surface area (Å²) in [5, 5.41) is 49.9. The van der Waals surface area contributed by atoms with Gasteiger partial charge in [-0.1, -0.05) is 23.7 Å². The number of carbonyl (C=O) groups is 4. The predicted molar refractivity (Wildman–Crippen MR) is 197 cm³/mol. The van der Waals surface area contributed by atoms with Crippen molar-refractivity contribution in [3.63, 3.8) is 0 Å². The molecule has 0 bridgehead atoms. The van der Waals surface area contributed by atoms with Crippen molar-refractivity contribution in [3.05, 3.63) is 70.8 Å². The van der Waals surface area contributed by atoms with Gasteiger partial charge in [-0.05, 0) is 117 Å². The smallest absolute Gasteiger partial charge is 0.269 e. The number of halogens is 4. The van der Waals surface area contributed by atoms with E-state index in [0.29, 0.717) is 43.4 Å². The summed E-state index contributed by atoms with van der Waals surface area (Å²) in [5.74, 6) is 19.0. The van der Waals surface area contributed by atoms with Crippen molar-refractivity contribution in [2.75, 3.05) is 13.2 Å². The quantitative estimate of drug-likeness (QED) is 0.0618. The molecule has 2 saturated carbocycles. The first-order valence-corrected chi connectivity index (χ1v) is 17.5. The predicted octanol–water partition coefficient (Wildman–Crippen LogP) is 0.546. The van der Waals surface area contributed by atoms with Crippen molar-refractivity contribution >= 4 is 23.6 Å². The summed E-state index contributed by atoms with van der Waals surface area (Å²) >= 11 is 0. The number of nitrogens with two attached hydrogens (primary N) is 1. The average molecular weight is 812 g/mol. The van der Waals surface area contributed by atoms with Crippen LogP contribution in [0, 0.1) is 71.0 Å². The lowest BCUT2D eigenvalue weighted by atomic mass is 9.95. The Hall–Kier alpha value is -5.96. The summed E-state index contributed by atoms with van der Waals surface area (Å²) in [6.07, 6.45) is -4.85. The lowest BCUT2D eigenvalue weighted by molar-refractivity contribution is -0.150. The zero-order valence-electron chi connectivity index (χ0n) is 31.0. The van der Waals surface area contributed by atoms with Crippen molar-refractivity contribution in [1.82, 2.24) is 21.6 Å². The minimum absolute atomic E-state index is 0.0335. The number of carbonyl (C=O) groups excluding carboxylic acids is 4. The molecule has 2 aromatic rings. The van der Waals surface area contributed by atoms with Crippen LogP contribution in [0.15, 0.2) is 48.5 Å². The van der Waals surface area contributed by atoms with Crippen molar-refractivity contribution < 1.29 is 62.5 Å². The van der Waals surface area contributed by atoms with Crippen LogP contribution in [0.3, 0.4) is 0 Å². The Morgan fingerprint density at radius 3 is 1.34 bits per heavy atom. The molecule has 2 aromatic carbocycles. The van der Waals surface area contributed by atoms with Crippen molar-refractivity contribution in [2.45, 2.75) is 62.8 Å². The molecule has 2 aliphatic carbocycles. The lowest BCUT2D eigenvalue weighted by Crippen LogP contribution is -2.61. The highest BCUT2D eigenvalue weighted by atomic mass is 19.3. The Balaban J connectivity index is 0.000000310. The van der Waals surface area contributed by atoms with Crippen LogP contribution in [0.2, 0.25) is 0 Å². The average Bonchev–Trinajstić information content (AvgIpc) is 4.15. The second kappa shape index (κ2) is 21.0. The van der Waals surface area contributed by atoms with Crippen LogP contribution in [0.1, 0.15) is 58.5 Å².